The fraction of sp³-hybridized carbons (Fsp3) is 0.200. The lowest BCUT2D eigenvalue weighted by Gasteiger charge is -2.24. The van der Waals surface area contributed by atoms with E-state index in [-0.39, 0.29) is 10.8 Å². The molecule has 1 aliphatic rings. The first-order valence-corrected chi connectivity index (χ1v) is 11.4. The molecule has 0 unspecified atom stereocenters. The minimum absolute atomic E-state index is 0.0425. The number of carbonyl (C=O) groups is 1. The van der Waals surface area contributed by atoms with Gasteiger partial charge in [-0.25, -0.2) is 13.1 Å². The number of nitrogens with zero attached hydrogens (tertiary/aromatic N) is 1. The van der Waals surface area contributed by atoms with Crippen LogP contribution in [0.3, 0.4) is 0 Å². The van der Waals surface area contributed by atoms with Crippen molar-refractivity contribution in [2.24, 2.45) is 0 Å². The van der Waals surface area contributed by atoms with Gasteiger partial charge >= 0.3 is 0 Å². The van der Waals surface area contributed by atoms with E-state index in [9.17, 15) is 13.2 Å². The van der Waals surface area contributed by atoms with Gasteiger partial charge in [0.05, 0.1) is 22.3 Å². The Hall–Kier alpha value is -2.75. The largest absolute Gasteiger partial charge is 0.479 e. The molecular weight excluding hydrogens is 410 g/mol. The molecule has 7 nitrogen and oxygen atoms in total. The predicted molar refractivity (Wildman–Crippen MR) is 110 cm³/mol. The second-order valence-electron chi connectivity index (χ2n) is 6.67. The summed E-state index contributed by atoms with van der Waals surface area (Å²) in [5.41, 5.74) is 1.99. The molecule has 29 heavy (non-hydrogen) atoms. The molecule has 3 aromatic rings. The highest BCUT2D eigenvalue weighted by atomic mass is 32.2. The van der Waals surface area contributed by atoms with Gasteiger partial charge in [0.1, 0.15) is 5.75 Å². The summed E-state index contributed by atoms with van der Waals surface area (Å²) in [4.78, 5) is 16.2. The maximum Gasteiger partial charge on any atom is 0.265 e. The minimum Gasteiger partial charge on any atom is -0.479 e. The molecule has 4 rings (SSSR count). The van der Waals surface area contributed by atoms with Crippen molar-refractivity contribution in [2.75, 3.05) is 5.32 Å². The van der Waals surface area contributed by atoms with Crippen LogP contribution in [-0.2, 0) is 21.2 Å². The van der Waals surface area contributed by atoms with Crippen molar-refractivity contribution in [2.45, 2.75) is 30.4 Å². The van der Waals surface area contributed by atoms with Crippen molar-refractivity contribution >= 4 is 33.0 Å². The molecule has 9 heteroatoms. The molecule has 0 spiro atoms. The van der Waals surface area contributed by atoms with Crippen molar-refractivity contribution in [3.05, 3.63) is 70.7 Å². The van der Waals surface area contributed by atoms with Crippen LogP contribution < -0.4 is 14.8 Å². The van der Waals surface area contributed by atoms with E-state index < -0.39 is 22.2 Å². The van der Waals surface area contributed by atoms with E-state index in [4.69, 9.17) is 4.74 Å². The molecule has 3 heterocycles. The SMILES string of the molecule is C[C@@H]1Oc2ccc(S(=O)(=O)N[C@@H](Cc3ccsc3)c3ccccn3)cc2NC1=O. The molecule has 2 aromatic heterocycles. The molecule has 0 fully saturated rings. The highest BCUT2D eigenvalue weighted by Crippen LogP contribution is 2.32. The first kappa shape index (κ1) is 19.6. The second kappa shape index (κ2) is 7.94. The fourth-order valence-corrected chi connectivity index (χ4v) is 4.96. The summed E-state index contributed by atoms with van der Waals surface area (Å²) < 4.78 is 34.4. The van der Waals surface area contributed by atoms with Gasteiger partial charge in [-0.2, -0.15) is 11.3 Å². The minimum atomic E-state index is -3.87. The Balaban J connectivity index is 1.63. The van der Waals surface area contributed by atoms with E-state index in [0.29, 0.717) is 23.6 Å². The van der Waals surface area contributed by atoms with Gasteiger partial charge in [-0.05, 0) is 66.1 Å². The Kier molecular flexibility index (Phi) is 5.35. The number of ether oxygens (including phenoxy) is 1. The van der Waals surface area contributed by atoms with Gasteiger partial charge < -0.3 is 10.1 Å². The average molecular weight is 430 g/mol. The maximum atomic E-state index is 13.1. The number of rotatable bonds is 6. The Morgan fingerprint density at radius 3 is 2.86 bits per heavy atom. The Morgan fingerprint density at radius 1 is 1.28 bits per heavy atom. The number of nitrogens with one attached hydrogen (secondary N) is 2. The lowest BCUT2D eigenvalue weighted by Crippen LogP contribution is -2.35. The lowest BCUT2D eigenvalue weighted by molar-refractivity contribution is -0.122. The van der Waals surface area contributed by atoms with Crippen LogP contribution in [0.25, 0.3) is 0 Å². The van der Waals surface area contributed by atoms with Gasteiger partial charge in [-0.1, -0.05) is 6.07 Å². The molecule has 150 valence electrons. The van der Waals surface area contributed by atoms with Crippen LogP contribution in [-0.4, -0.2) is 25.4 Å². The zero-order valence-electron chi connectivity index (χ0n) is 15.5. The second-order valence-corrected chi connectivity index (χ2v) is 9.17. The highest BCUT2D eigenvalue weighted by molar-refractivity contribution is 7.89. The number of sulfonamides is 1. The van der Waals surface area contributed by atoms with Crippen LogP contribution in [0.5, 0.6) is 5.75 Å². The van der Waals surface area contributed by atoms with Crippen molar-refractivity contribution in [3.8, 4) is 5.75 Å². The molecular formula is C20H19N3O4S2. The van der Waals surface area contributed by atoms with Crippen LogP contribution >= 0.6 is 11.3 Å². The van der Waals surface area contributed by atoms with E-state index in [1.165, 1.54) is 12.1 Å². The number of amides is 1. The quantitative estimate of drug-likeness (QED) is 0.627. The third-order valence-corrected chi connectivity index (χ3v) is 6.76. The first-order valence-electron chi connectivity index (χ1n) is 8.98. The number of pyridine rings is 1. The van der Waals surface area contributed by atoms with Gasteiger partial charge in [0, 0.05) is 6.20 Å². The first-order chi connectivity index (χ1) is 13.9. The fourth-order valence-electron chi connectivity index (χ4n) is 3.04. The summed E-state index contributed by atoms with van der Waals surface area (Å²) >= 11 is 1.56. The normalized spacial score (nSPS) is 17.1. The third-order valence-electron chi connectivity index (χ3n) is 4.55. The average Bonchev–Trinajstić information content (AvgIpc) is 3.22. The number of aromatic nitrogens is 1. The topological polar surface area (TPSA) is 97.4 Å². The van der Waals surface area contributed by atoms with E-state index in [0.717, 1.165) is 5.56 Å². The third kappa shape index (κ3) is 4.31. The molecule has 0 radical (unpaired) electrons. The van der Waals surface area contributed by atoms with E-state index in [1.807, 2.05) is 22.9 Å². The van der Waals surface area contributed by atoms with Crippen molar-refractivity contribution in [1.82, 2.24) is 9.71 Å². The van der Waals surface area contributed by atoms with E-state index in [1.54, 1.807) is 42.7 Å². The summed E-state index contributed by atoms with van der Waals surface area (Å²) in [7, 11) is -3.87. The van der Waals surface area contributed by atoms with Crippen LogP contribution in [0.15, 0.2) is 64.3 Å². The molecule has 1 aromatic carbocycles. The maximum absolute atomic E-state index is 13.1. The molecule has 0 saturated heterocycles. The number of anilines is 1. The lowest BCUT2D eigenvalue weighted by atomic mass is 10.1. The number of benzene rings is 1. The zero-order chi connectivity index (χ0) is 20.4. The molecule has 0 aliphatic carbocycles. The van der Waals surface area contributed by atoms with Crippen molar-refractivity contribution in [1.29, 1.82) is 0 Å². The standard InChI is InChI=1S/C20H19N3O4S2/c1-13-20(24)22-18-11-15(5-6-19(18)27-13)29(25,26)23-17(10-14-7-9-28-12-14)16-4-2-3-8-21-16/h2-9,11-13,17,23H,10H2,1H3,(H,22,24)/t13-,17-/m0/s1. The van der Waals surface area contributed by atoms with Crippen molar-refractivity contribution in [3.63, 3.8) is 0 Å². The number of fused-ring (bicyclic) bond motifs is 1. The highest BCUT2D eigenvalue weighted by Gasteiger charge is 2.27. The van der Waals surface area contributed by atoms with Gasteiger partial charge in [0.15, 0.2) is 6.10 Å². The molecule has 1 amide bonds. The Morgan fingerprint density at radius 2 is 2.14 bits per heavy atom. The van der Waals surface area contributed by atoms with Gasteiger partial charge in [0.25, 0.3) is 5.91 Å². The van der Waals surface area contributed by atoms with Crippen LogP contribution in [0.2, 0.25) is 0 Å². The van der Waals surface area contributed by atoms with Crippen LogP contribution in [0, 0.1) is 0 Å². The van der Waals surface area contributed by atoms with Crippen LogP contribution in [0.4, 0.5) is 5.69 Å². The number of carbonyl (C=O) groups excluding carboxylic acids is 1. The summed E-state index contributed by atoms with van der Waals surface area (Å²) in [6, 6.07) is 11.2. The van der Waals surface area contributed by atoms with Gasteiger partial charge in [-0.15, -0.1) is 0 Å². The molecule has 0 bridgehead atoms. The zero-order valence-corrected chi connectivity index (χ0v) is 17.2. The van der Waals surface area contributed by atoms with E-state index >= 15 is 0 Å². The number of hydrogen-bond donors (Lipinski definition) is 2. The number of thiophene rings is 1. The van der Waals surface area contributed by atoms with Crippen molar-refractivity contribution < 1.29 is 17.9 Å². The summed E-state index contributed by atoms with van der Waals surface area (Å²) in [5, 5.41) is 6.61. The van der Waals surface area contributed by atoms with Gasteiger partial charge in [-0.3, -0.25) is 9.78 Å². The Bertz CT molecular complexity index is 1120. The molecule has 2 atom stereocenters. The summed E-state index contributed by atoms with van der Waals surface area (Å²) in [6.07, 6.45) is 1.49. The number of hydrogen-bond acceptors (Lipinski definition) is 6. The molecule has 1 aliphatic heterocycles. The predicted octanol–water partition coefficient (Wildman–Crippen LogP) is 3.12. The molecule has 2 N–H and O–H groups in total. The monoisotopic (exact) mass is 429 g/mol. The molecule has 0 saturated carbocycles. The summed E-state index contributed by atoms with van der Waals surface area (Å²) in [6.45, 7) is 1.63. The summed E-state index contributed by atoms with van der Waals surface area (Å²) in [5.74, 6) is 0.124. The van der Waals surface area contributed by atoms with Gasteiger partial charge in [0.2, 0.25) is 10.0 Å². The smallest absolute Gasteiger partial charge is 0.265 e. The Labute approximate surface area is 172 Å². The van der Waals surface area contributed by atoms with Crippen LogP contribution in [0.1, 0.15) is 24.2 Å². The van der Waals surface area contributed by atoms with E-state index in [2.05, 4.69) is 15.0 Å².